The lowest BCUT2D eigenvalue weighted by Crippen LogP contribution is -2.21. The van der Waals surface area contributed by atoms with Crippen molar-refractivity contribution in [1.29, 1.82) is 0 Å². The summed E-state index contributed by atoms with van der Waals surface area (Å²) in [6.07, 6.45) is 5.28. The van der Waals surface area contributed by atoms with Crippen molar-refractivity contribution >= 4 is 5.69 Å². The average Bonchev–Trinajstić information content (AvgIpc) is 3.03. The number of nitrogens with one attached hydrogen (secondary N) is 1. The van der Waals surface area contributed by atoms with Crippen molar-refractivity contribution < 1.29 is 4.42 Å². The lowest BCUT2D eigenvalue weighted by molar-refractivity contribution is 0.556. The molecule has 1 N–H and O–H groups in total. The third-order valence-corrected chi connectivity index (χ3v) is 3.71. The number of hydrogen-bond acceptors (Lipinski definition) is 4. The van der Waals surface area contributed by atoms with Gasteiger partial charge in [0, 0.05) is 17.3 Å². The first-order chi connectivity index (χ1) is 8.83. The summed E-state index contributed by atoms with van der Waals surface area (Å²) < 4.78 is 5.17. The maximum atomic E-state index is 5.17. The monoisotopic (exact) mass is 243 g/mol. The number of nitrogens with zero attached hydrogens (tertiary/aromatic N) is 2. The zero-order valence-corrected chi connectivity index (χ0v) is 10.5. The highest BCUT2D eigenvalue weighted by Gasteiger charge is 2.22. The molecule has 2 atom stereocenters. The van der Waals surface area contributed by atoms with Gasteiger partial charge < -0.3 is 9.73 Å². The van der Waals surface area contributed by atoms with Crippen LogP contribution in [0.15, 0.2) is 35.1 Å². The van der Waals surface area contributed by atoms with Crippen LogP contribution in [0.5, 0.6) is 0 Å². The van der Waals surface area contributed by atoms with Gasteiger partial charge in [0.25, 0.3) is 0 Å². The highest BCUT2D eigenvalue weighted by molar-refractivity contribution is 5.58. The van der Waals surface area contributed by atoms with Crippen molar-refractivity contribution in [3.05, 3.63) is 30.7 Å². The second-order valence-corrected chi connectivity index (χ2v) is 4.98. The summed E-state index contributed by atoms with van der Waals surface area (Å²) in [5.74, 6) is 1.33. The van der Waals surface area contributed by atoms with E-state index < -0.39 is 0 Å². The van der Waals surface area contributed by atoms with Crippen LogP contribution in [0.4, 0.5) is 5.69 Å². The Kier molecular flexibility index (Phi) is 3.00. The van der Waals surface area contributed by atoms with Crippen LogP contribution in [0.1, 0.15) is 26.2 Å². The molecule has 0 spiro atoms. The van der Waals surface area contributed by atoms with E-state index >= 15 is 0 Å². The van der Waals surface area contributed by atoms with Gasteiger partial charge in [0.1, 0.15) is 0 Å². The molecule has 3 rings (SSSR count). The van der Waals surface area contributed by atoms with Crippen molar-refractivity contribution in [3.63, 3.8) is 0 Å². The maximum Gasteiger partial charge on any atom is 0.247 e. The molecule has 1 aromatic heterocycles. The standard InChI is InChI=1S/C14H17N3O/c1-10-3-2-4-13(10)16-12-7-5-11(6-8-12)14-17-15-9-18-14/h5-10,13,16H,2-4H2,1H3. The molecule has 0 bridgehead atoms. The average molecular weight is 243 g/mol. The Bertz CT molecular complexity index is 492. The highest BCUT2D eigenvalue weighted by Crippen LogP contribution is 2.28. The van der Waals surface area contributed by atoms with Gasteiger partial charge in [-0.15, -0.1) is 10.2 Å². The molecule has 0 aliphatic heterocycles. The van der Waals surface area contributed by atoms with Gasteiger partial charge in [0.15, 0.2) is 0 Å². The summed E-state index contributed by atoms with van der Waals surface area (Å²) in [7, 11) is 0. The van der Waals surface area contributed by atoms with Crippen molar-refractivity contribution in [2.45, 2.75) is 32.2 Å². The lowest BCUT2D eigenvalue weighted by atomic mass is 10.1. The summed E-state index contributed by atoms with van der Waals surface area (Å²) >= 11 is 0. The van der Waals surface area contributed by atoms with E-state index in [2.05, 4.69) is 34.6 Å². The summed E-state index contributed by atoms with van der Waals surface area (Å²) in [5.41, 5.74) is 2.12. The lowest BCUT2D eigenvalue weighted by Gasteiger charge is -2.18. The minimum Gasteiger partial charge on any atom is -0.423 e. The summed E-state index contributed by atoms with van der Waals surface area (Å²) in [5, 5.41) is 11.2. The molecular formula is C14H17N3O. The van der Waals surface area contributed by atoms with Crippen molar-refractivity contribution in [2.75, 3.05) is 5.32 Å². The Morgan fingerprint density at radius 3 is 2.67 bits per heavy atom. The van der Waals surface area contributed by atoms with E-state index in [9.17, 15) is 0 Å². The second kappa shape index (κ2) is 4.80. The van der Waals surface area contributed by atoms with Crippen LogP contribution in [-0.2, 0) is 0 Å². The van der Waals surface area contributed by atoms with Crippen LogP contribution in [-0.4, -0.2) is 16.2 Å². The smallest absolute Gasteiger partial charge is 0.247 e. The van der Waals surface area contributed by atoms with Crippen molar-refractivity contribution in [1.82, 2.24) is 10.2 Å². The molecule has 4 nitrogen and oxygen atoms in total. The molecule has 1 aromatic carbocycles. The van der Waals surface area contributed by atoms with Gasteiger partial charge >= 0.3 is 0 Å². The Hall–Kier alpha value is -1.84. The minimum atomic E-state index is 0.566. The van der Waals surface area contributed by atoms with Gasteiger partial charge in [-0.1, -0.05) is 13.3 Å². The third kappa shape index (κ3) is 2.23. The molecule has 94 valence electrons. The first kappa shape index (κ1) is 11.3. The largest absolute Gasteiger partial charge is 0.423 e. The van der Waals surface area contributed by atoms with Crippen molar-refractivity contribution in [2.24, 2.45) is 5.92 Å². The van der Waals surface area contributed by atoms with E-state index in [1.807, 2.05) is 12.1 Å². The van der Waals surface area contributed by atoms with Gasteiger partial charge in [0.2, 0.25) is 12.3 Å². The molecule has 0 saturated heterocycles. The molecule has 1 aliphatic carbocycles. The Morgan fingerprint density at radius 2 is 2.06 bits per heavy atom. The summed E-state index contributed by atoms with van der Waals surface area (Å²) in [6, 6.07) is 8.78. The Morgan fingerprint density at radius 1 is 1.22 bits per heavy atom. The van der Waals surface area contributed by atoms with Gasteiger partial charge in [-0.05, 0) is 43.0 Å². The molecule has 1 saturated carbocycles. The minimum absolute atomic E-state index is 0.566. The molecular weight excluding hydrogens is 226 g/mol. The van der Waals surface area contributed by atoms with Gasteiger partial charge in [-0.2, -0.15) is 0 Å². The van der Waals surface area contributed by atoms with Gasteiger partial charge in [0.05, 0.1) is 0 Å². The normalized spacial score (nSPS) is 23.2. The SMILES string of the molecule is CC1CCCC1Nc1ccc(-c2nnco2)cc1. The first-order valence-corrected chi connectivity index (χ1v) is 6.46. The predicted molar refractivity (Wildman–Crippen MR) is 70.2 cm³/mol. The molecule has 2 aromatic rings. The molecule has 4 heteroatoms. The first-order valence-electron chi connectivity index (χ1n) is 6.46. The van der Waals surface area contributed by atoms with E-state index in [1.165, 1.54) is 25.7 Å². The molecule has 1 aliphatic rings. The zero-order chi connectivity index (χ0) is 12.4. The van der Waals surface area contributed by atoms with E-state index in [4.69, 9.17) is 4.42 Å². The molecule has 0 radical (unpaired) electrons. The Balaban J connectivity index is 1.71. The van der Waals surface area contributed by atoms with Crippen LogP contribution in [0.2, 0.25) is 0 Å². The summed E-state index contributed by atoms with van der Waals surface area (Å²) in [4.78, 5) is 0. The zero-order valence-electron chi connectivity index (χ0n) is 10.5. The fourth-order valence-electron chi connectivity index (χ4n) is 2.58. The summed E-state index contributed by atoms with van der Waals surface area (Å²) in [6.45, 7) is 2.32. The van der Waals surface area contributed by atoms with Gasteiger partial charge in [-0.3, -0.25) is 0 Å². The molecule has 2 unspecified atom stereocenters. The second-order valence-electron chi connectivity index (χ2n) is 4.98. The third-order valence-electron chi connectivity index (χ3n) is 3.71. The van der Waals surface area contributed by atoms with Crippen LogP contribution in [0, 0.1) is 5.92 Å². The van der Waals surface area contributed by atoms with E-state index in [-0.39, 0.29) is 0 Å². The van der Waals surface area contributed by atoms with Crippen LogP contribution >= 0.6 is 0 Å². The predicted octanol–water partition coefficient (Wildman–Crippen LogP) is 3.34. The fraction of sp³-hybridized carbons (Fsp3) is 0.429. The van der Waals surface area contributed by atoms with E-state index in [0.29, 0.717) is 11.9 Å². The number of aromatic nitrogens is 2. The van der Waals surface area contributed by atoms with Crippen molar-refractivity contribution in [3.8, 4) is 11.5 Å². The number of anilines is 1. The molecule has 18 heavy (non-hydrogen) atoms. The highest BCUT2D eigenvalue weighted by atomic mass is 16.4. The number of rotatable bonds is 3. The topological polar surface area (TPSA) is 51.0 Å². The molecule has 1 heterocycles. The van der Waals surface area contributed by atoms with Crippen LogP contribution in [0.25, 0.3) is 11.5 Å². The van der Waals surface area contributed by atoms with E-state index in [0.717, 1.165) is 17.2 Å². The number of hydrogen-bond donors (Lipinski definition) is 1. The Labute approximate surface area is 106 Å². The van der Waals surface area contributed by atoms with Crippen LogP contribution in [0.3, 0.4) is 0 Å². The quantitative estimate of drug-likeness (QED) is 0.898. The molecule has 1 fully saturated rings. The van der Waals surface area contributed by atoms with Gasteiger partial charge in [-0.25, -0.2) is 0 Å². The fourth-order valence-corrected chi connectivity index (χ4v) is 2.58. The molecule has 0 amide bonds. The van der Waals surface area contributed by atoms with Crippen LogP contribution < -0.4 is 5.32 Å². The van der Waals surface area contributed by atoms with E-state index in [1.54, 1.807) is 0 Å². The maximum absolute atomic E-state index is 5.17. The number of benzene rings is 1.